The second-order valence-corrected chi connectivity index (χ2v) is 6.23. The van der Waals surface area contributed by atoms with Crippen LogP contribution in [0.5, 0.6) is 5.75 Å². The fourth-order valence-corrected chi connectivity index (χ4v) is 2.56. The van der Waals surface area contributed by atoms with E-state index in [1.807, 2.05) is 25.1 Å². The van der Waals surface area contributed by atoms with Crippen LogP contribution in [0.15, 0.2) is 54.6 Å². The fraction of sp³-hybridized carbons (Fsp3) is 0.300. The molecule has 0 unspecified atom stereocenters. The first-order valence-corrected chi connectivity index (χ1v) is 8.29. The van der Waals surface area contributed by atoms with E-state index in [-0.39, 0.29) is 23.6 Å². The van der Waals surface area contributed by atoms with Crippen LogP contribution in [0.2, 0.25) is 0 Å². The van der Waals surface area contributed by atoms with E-state index >= 15 is 0 Å². The molecule has 2 rings (SSSR count). The van der Waals surface area contributed by atoms with E-state index in [1.54, 1.807) is 55.3 Å². The molecule has 0 aliphatic rings. The van der Waals surface area contributed by atoms with Gasteiger partial charge < -0.3 is 15.3 Å². The summed E-state index contributed by atoms with van der Waals surface area (Å²) in [6, 6.07) is 15.1. The minimum Gasteiger partial charge on any atom is -0.508 e. The minimum atomic E-state index is -0.611. The number of nitrogens with zero attached hydrogens (tertiary/aromatic N) is 1. The number of carbonyl (C=O) groups excluding carboxylic acids is 2. The Morgan fingerprint density at radius 1 is 1.04 bits per heavy atom. The molecule has 0 aliphatic heterocycles. The number of rotatable bonds is 6. The Morgan fingerprint density at radius 2 is 1.64 bits per heavy atom. The van der Waals surface area contributed by atoms with Gasteiger partial charge in [-0.3, -0.25) is 9.59 Å². The van der Waals surface area contributed by atoms with Gasteiger partial charge in [0.05, 0.1) is 0 Å². The zero-order valence-corrected chi connectivity index (χ0v) is 14.8. The van der Waals surface area contributed by atoms with E-state index in [2.05, 4.69) is 5.32 Å². The van der Waals surface area contributed by atoms with Gasteiger partial charge in [0.25, 0.3) is 5.91 Å². The Balaban J connectivity index is 1.93. The average Bonchev–Trinajstić information content (AvgIpc) is 2.62. The smallest absolute Gasteiger partial charge is 0.251 e. The molecule has 2 amide bonds. The van der Waals surface area contributed by atoms with Crippen LogP contribution in [0.4, 0.5) is 0 Å². The third kappa shape index (κ3) is 5.08. The molecule has 132 valence electrons. The number of aromatic hydroxyl groups is 1. The predicted molar refractivity (Wildman–Crippen MR) is 97.4 cm³/mol. The van der Waals surface area contributed by atoms with E-state index in [9.17, 15) is 14.7 Å². The van der Waals surface area contributed by atoms with Gasteiger partial charge in [-0.25, -0.2) is 0 Å². The molecule has 5 nitrogen and oxygen atoms in total. The fourth-order valence-electron chi connectivity index (χ4n) is 2.56. The molecule has 2 N–H and O–H groups in total. The van der Waals surface area contributed by atoms with Crippen molar-refractivity contribution in [1.29, 1.82) is 0 Å². The maximum atomic E-state index is 12.6. The van der Waals surface area contributed by atoms with E-state index in [4.69, 9.17) is 0 Å². The van der Waals surface area contributed by atoms with Crippen molar-refractivity contribution in [3.05, 3.63) is 65.7 Å². The monoisotopic (exact) mass is 340 g/mol. The van der Waals surface area contributed by atoms with Gasteiger partial charge in [-0.2, -0.15) is 0 Å². The molecular weight excluding hydrogens is 316 g/mol. The van der Waals surface area contributed by atoms with Crippen molar-refractivity contribution in [3.63, 3.8) is 0 Å². The maximum absolute atomic E-state index is 12.6. The second-order valence-electron chi connectivity index (χ2n) is 6.23. The number of amides is 2. The summed E-state index contributed by atoms with van der Waals surface area (Å²) in [7, 11) is 1.73. The summed E-state index contributed by atoms with van der Waals surface area (Å²) in [5.41, 5.74) is 1.56. The highest BCUT2D eigenvalue weighted by Crippen LogP contribution is 2.13. The molecule has 25 heavy (non-hydrogen) atoms. The van der Waals surface area contributed by atoms with Crippen molar-refractivity contribution in [3.8, 4) is 5.75 Å². The molecule has 0 saturated heterocycles. The molecular formula is C20H24N2O3. The molecule has 2 aromatic rings. The topological polar surface area (TPSA) is 69.6 Å². The number of carbonyl (C=O) groups is 2. The van der Waals surface area contributed by atoms with Crippen LogP contribution in [-0.4, -0.2) is 41.0 Å². The number of hydrogen-bond acceptors (Lipinski definition) is 3. The van der Waals surface area contributed by atoms with Gasteiger partial charge in [-0.05, 0) is 50.1 Å². The Kier molecular flexibility index (Phi) is 6.17. The SMILES string of the molecule is C[C@H](Cc1ccc(O)cc1)N(C)C(=O)[C@@H](C)NC(=O)c1ccccc1. The number of nitrogens with one attached hydrogen (secondary N) is 1. The molecule has 0 bridgehead atoms. The zero-order chi connectivity index (χ0) is 18.4. The van der Waals surface area contributed by atoms with Crippen molar-refractivity contribution in [1.82, 2.24) is 10.2 Å². The van der Waals surface area contributed by atoms with E-state index in [0.717, 1.165) is 5.56 Å². The van der Waals surface area contributed by atoms with Crippen LogP contribution in [0.1, 0.15) is 29.8 Å². The highest BCUT2D eigenvalue weighted by atomic mass is 16.3. The summed E-state index contributed by atoms with van der Waals surface area (Å²) in [4.78, 5) is 26.4. The first-order valence-electron chi connectivity index (χ1n) is 8.29. The van der Waals surface area contributed by atoms with E-state index in [1.165, 1.54) is 0 Å². The lowest BCUT2D eigenvalue weighted by atomic mass is 10.1. The van der Waals surface area contributed by atoms with E-state index in [0.29, 0.717) is 12.0 Å². The number of likely N-dealkylation sites (N-methyl/N-ethyl adjacent to an activating group) is 1. The molecule has 2 atom stereocenters. The van der Waals surface area contributed by atoms with Crippen molar-refractivity contribution in [2.45, 2.75) is 32.4 Å². The lowest BCUT2D eigenvalue weighted by Gasteiger charge is -2.28. The molecule has 0 spiro atoms. The first kappa shape index (κ1) is 18.5. The summed E-state index contributed by atoms with van der Waals surface area (Å²) in [5.74, 6) is -0.185. The van der Waals surface area contributed by atoms with Crippen LogP contribution in [-0.2, 0) is 11.2 Å². The molecule has 0 aliphatic carbocycles. The van der Waals surface area contributed by atoms with Gasteiger partial charge in [0.15, 0.2) is 0 Å². The highest BCUT2D eigenvalue weighted by molar-refractivity contribution is 5.97. The maximum Gasteiger partial charge on any atom is 0.251 e. The summed E-state index contributed by atoms with van der Waals surface area (Å²) < 4.78 is 0. The van der Waals surface area contributed by atoms with Gasteiger partial charge in [-0.15, -0.1) is 0 Å². The molecule has 0 saturated carbocycles. The predicted octanol–water partition coefficient (Wildman–Crippen LogP) is 2.60. The van der Waals surface area contributed by atoms with Crippen molar-refractivity contribution < 1.29 is 14.7 Å². The number of phenols is 1. The van der Waals surface area contributed by atoms with Gasteiger partial charge in [0.1, 0.15) is 11.8 Å². The molecule has 0 radical (unpaired) electrons. The van der Waals surface area contributed by atoms with Gasteiger partial charge >= 0.3 is 0 Å². The third-order valence-electron chi connectivity index (χ3n) is 4.23. The Labute approximate surface area is 148 Å². The normalized spacial score (nSPS) is 12.9. The average molecular weight is 340 g/mol. The largest absolute Gasteiger partial charge is 0.508 e. The molecule has 0 fully saturated rings. The number of benzene rings is 2. The van der Waals surface area contributed by atoms with Gasteiger partial charge in [0.2, 0.25) is 5.91 Å². The summed E-state index contributed by atoms with van der Waals surface area (Å²) in [6.07, 6.45) is 0.669. The Bertz CT molecular complexity index is 713. The minimum absolute atomic E-state index is 0.0341. The standard InChI is InChI=1S/C20H24N2O3/c1-14(13-16-9-11-18(23)12-10-16)22(3)20(25)15(2)21-19(24)17-7-5-4-6-8-17/h4-12,14-15,23H,13H2,1-3H3,(H,21,24)/t14-,15-/m1/s1. The van der Waals surface area contributed by atoms with Crippen LogP contribution < -0.4 is 5.32 Å². The molecule has 2 aromatic carbocycles. The van der Waals surface area contributed by atoms with Crippen LogP contribution in [0, 0.1) is 0 Å². The summed E-state index contributed by atoms with van der Waals surface area (Å²) in [6.45, 7) is 3.64. The zero-order valence-electron chi connectivity index (χ0n) is 14.8. The molecule has 0 heterocycles. The third-order valence-corrected chi connectivity index (χ3v) is 4.23. The van der Waals surface area contributed by atoms with Crippen LogP contribution in [0.25, 0.3) is 0 Å². The summed E-state index contributed by atoms with van der Waals surface area (Å²) in [5, 5.41) is 12.1. The van der Waals surface area contributed by atoms with Crippen LogP contribution >= 0.6 is 0 Å². The lowest BCUT2D eigenvalue weighted by Crippen LogP contribution is -2.48. The highest BCUT2D eigenvalue weighted by Gasteiger charge is 2.23. The summed E-state index contributed by atoms with van der Waals surface area (Å²) >= 11 is 0. The number of phenolic OH excluding ortho intramolecular Hbond substituents is 1. The van der Waals surface area contributed by atoms with Gasteiger partial charge in [-0.1, -0.05) is 30.3 Å². The number of hydrogen-bond donors (Lipinski definition) is 2. The first-order chi connectivity index (χ1) is 11.9. The van der Waals surface area contributed by atoms with E-state index < -0.39 is 6.04 Å². The van der Waals surface area contributed by atoms with Crippen molar-refractivity contribution >= 4 is 11.8 Å². The Morgan fingerprint density at radius 3 is 2.24 bits per heavy atom. The molecule has 0 aromatic heterocycles. The Hall–Kier alpha value is -2.82. The quantitative estimate of drug-likeness (QED) is 0.849. The van der Waals surface area contributed by atoms with Crippen molar-refractivity contribution in [2.24, 2.45) is 0 Å². The lowest BCUT2D eigenvalue weighted by molar-refractivity contribution is -0.133. The van der Waals surface area contributed by atoms with Crippen molar-refractivity contribution in [2.75, 3.05) is 7.05 Å². The molecule has 5 heteroatoms. The van der Waals surface area contributed by atoms with Gasteiger partial charge in [0, 0.05) is 18.7 Å². The second kappa shape index (κ2) is 8.33. The van der Waals surface area contributed by atoms with Crippen LogP contribution in [0.3, 0.4) is 0 Å².